The molecule has 3 N–H and O–H groups in total. The van der Waals surface area contributed by atoms with Crippen molar-refractivity contribution in [2.45, 2.75) is 6.18 Å². The normalized spacial score (nSPS) is 12.8. The number of aromatic nitrogens is 7. The molecular formula is C21H19F3N10O2. The first-order valence-electron chi connectivity index (χ1n) is 11.5. The molecule has 0 aliphatic carbocycles. The minimum Gasteiger partial charge on any atom is -0.492 e. The van der Waals surface area contributed by atoms with Gasteiger partial charge >= 0.3 is 6.18 Å². The molecule has 4 aromatic heterocycles. The van der Waals surface area contributed by atoms with E-state index < -0.39 is 30.3 Å². The molecule has 12 nitrogen and oxygen atoms in total. The third kappa shape index (κ3) is 5.13. The third-order valence-electron chi connectivity index (χ3n) is 4.67. The van der Waals surface area contributed by atoms with Gasteiger partial charge in [-0.25, -0.2) is 15.0 Å². The van der Waals surface area contributed by atoms with Crippen molar-refractivity contribution in [1.29, 1.82) is 0 Å². The van der Waals surface area contributed by atoms with E-state index in [-0.39, 0.29) is 28.9 Å². The van der Waals surface area contributed by atoms with Crippen molar-refractivity contribution in [1.82, 2.24) is 40.2 Å². The van der Waals surface area contributed by atoms with Crippen molar-refractivity contribution in [3.63, 3.8) is 0 Å². The summed E-state index contributed by atoms with van der Waals surface area (Å²) in [6, 6.07) is 4.38. The fourth-order valence-corrected chi connectivity index (χ4v) is 3.09. The van der Waals surface area contributed by atoms with Crippen LogP contribution in [0, 0.1) is 0 Å². The molecule has 0 bridgehead atoms. The largest absolute Gasteiger partial charge is 0.492 e. The number of alkyl halides is 3. The number of aryl methyl sites for hydroxylation is 1. The molecule has 4 aromatic rings. The Labute approximate surface area is 206 Å². The fourth-order valence-electron chi connectivity index (χ4n) is 3.09. The molecule has 1 amide bonds. The maximum atomic E-state index is 13.1. The van der Waals surface area contributed by atoms with E-state index in [2.05, 4.69) is 40.9 Å². The van der Waals surface area contributed by atoms with E-state index in [1.807, 2.05) is 5.32 Å². The summed E-state index contributed by atoms with van der Waals surface area (Å²) in [5, 5.41) is 19.0. The summed E-state index contributed by atoms with van der Waals surface area (Å²) in [6.45, 7) is -2.84. The fraction of sp³-hybridized carbons (Fsp3) is 0.190. The van der Waals surface area contributed by atoms with E-state index in [1.54, 1.807) is 13.1 Å². The molecule has 0 unspecified atom stereocenters. The van der Waals surface area contributed by atoms with Crippen molar-refractivity contribution < 1.29 is 26.8 Å². The highest BCUT2D eigenvalue weighted by atomic mass is 19.4. The predicted molar refractivity (Wildman–Crippen MR) is 122 cm³/mol. The standard InChI is InChI=1S/C21H19F3N10O2/c1-25-20(35)16-13(9-15(31-32-16)30-14-8-11(4-6-26-14)21(22,23)24)29-19-17(36-3)12(5-7-27-19)18-28-10-34(2)33-18/h4-10H,1-3H3,(H,25,35)(H2,26,27,29,30,31)/i1D3. The van der Waals surface area contributed by atoms with Gasteiger partial charge in [0.15, 0.2) is 28.9 Å². The molecular weight excluding hydrogens is 481 g/mol. The number of amides is 1. The number of methoxy groups -OCH3 is 1. The van der Waals surface area contributed by atoms with Crippen LogP contribution in [0.5, 0.6) is 5.75 Å². The van der Waals surface area contributed by atoms with Crippen LogP contribution in [0.2, 0.25) is 0 Å². The molecule has 15 heteroatoms. The van der Waals surface area contributed by atoms with Gasteiger partial charge in [-0.05, 0) is 18.2 Å². The Bertz CT molecular complexity index is 1510. The minimum atomic E-state index is -4.61. The summed E-state index contributed by atoms with van der Waals surface area (Å²) in [7, 11) is 3.05. The lowest BCUT2D eigenvalue weighted by Gasteiger charge is -2.15. The molecule has 0 saturated carbocycles. The Hall–Kier alpha value is -4.82. The molecule has 0 radical (unpaired) electrons. The summed E-state index contributed by atoms with van der Waals surface area (Å²) in [5.74, 6) is -0.862. The smallest absolute Gasteiger partial charge is 0.416 e. The van der Waals surface area contributed by atoms with Crippen molar-refractivity contribution in [2.75, 3.05) is 24.7 Å². The van der Waals surface area contributed by atoms with Crippen LogP contribution >= 0.6 is 0 Å². The molecule has 0 saturated heterocycles. The first-order chi connectivity index (χ1) is 18.3. The van der Waals surface area contributed by atoms with Gasteiger partial charge < -0.3 is 20.7 Å². The maximum absolute atomic E-state index is 13.1. The van der Waals surface area contributed by atoms with Gasteiger partial charge in [0.2, 0.25) is 0 Å². The van der Waals surface area contributed by atoms with Crippen molar-refractivity contribution >= 4 is 29.0 Å². The van der Waals surface area contributed by atoms with Crippen LogP contribution in [0.4, 0.5) is 36.3 Å². The number of nitrogens with zero attached hydrogens (tertiary/aromatic N) is 7. The molecule has 0 spiro atoms. The number of hydrogen-bond acceptors (Lipinski definition) is 10. The number of halogens is 3. The summed E-state index contributed by atoms with van der Waals surface area (Å²) in [4.78, 5) is 24.9. The van der Waals surface area contributed by atoms with Gasteiger partial charge in [-0.1, -0.05) is 0 Å². The summed E-state index contributed by atoms with van der Waals surface area (Å²) in [6.07, 6.45) is -0.752. The molecule has 0 atom stereocenters. The van der Waals surface area contributed by atoms with Crippen LogP contribution in [-0.4, -0.2) is 54.9 Å². The van der Waals surface area contributed by atoms with Crippen LogP contribution in [0.1, 0.15) is 20.2 Å². The van der Waals surface area contributed by atoms with Crippen molar-refractivity contribution in [3.05, 3.63) is 54.2 Å². The lowest BCUT2D eigenvalue weighted by molar-refractivity contribution is -0.137. The zero-order valence-corrected chi connectivity index (χ0v) is 18.6. The van der Waals surface area contributed by atoms with Gasteiger partial charge in [-0.15, -0.1) is 10.2 Å². The highest BCUT2D eigenvalue weighted by molar-refractivity contribution is 5.98. The average Bonchev–Trinajstić information content (AvgIpc) is 3.28. The summed E-state index contributed by atoms with van der Waals surface area (Å²) in [5.41, 5.74) is -1.05. The van der Waals surface area contributed by atoms with Gasteiger partial charge in [0.05, 0.1) is 23.9 Å². The number of ether oxygens (including phenoxy) is 1. The Morgan fingerprint density at radius 1 is 1.08 bits per heavy atom. The van der Waals surface area contributed by atoms with Gasteiger partial charge in [0.25, 0.3) is 5.91 Å². The number of anilines is 4. The zero-order chi connectivity index (χ0) is 28.4. The van der Waals surface area contributed by atoms with Crippen LogP contribution in [0.15, 0.2) is 43.0 Å². The first kappa shape index (κ1) is 20.5. The van der Waals surface area contributed by atoms with Crippen LogP contribution < -0.4 is 20.7 Å². The van der Waals surface area contributed by atoms with E-state index in [4.69, 9.17) is 8.85 Å². The van der Waals surface area contributed by atoms with E-state index in [0.29, 0.717) is 11.4 Å². The summed E-state index contributed by atoms with van der Waals surface area (Å²) >= 11 is 0. The third-order valence-corrected chi connectivity index (χ3v) is 4.67. The average molecular weight is 503 g/mol. The second-order valence-corrected chi connectivity index (χ2v) is 7.11. The molecule has 0 fully saturated rings. The second-order valence-electron chi connectivity index (χ2n) is 7.11. The Kier molecular flexibility index (Phi) is 5.60. The number of carbonyl (C=O) groups is 1. The van der Waals surface area contributed by atoms with Crippen molar-refractivity contribution in [2.24, 2.45) is 7.05 Å². The Balaban J connectivity index is 1.75. The van der Waals surface area contributed by atoms with Crippen LogP contribution in [-0.2, 0) is 13.2 Å². The maximum Gasteiger partial charge on any atom is 0.416 e. The Morgan fingerprint density at radius 2 is 1.89 bits per heavy atom. The number of hydrogen-bond donors (Lipinski definition) is 3. The highest BCUT2D eigenvalue weighted by Crippen LogP contribution is 2.35. The van der Waals surface area contributed by atoms with E-state index >= 15 is 0 Å². The number of rotatable bonds is 7. The Morgan fingerprint density at radius 3 is 2.58 bits per heavy atom. The highest BCUT2D eigenvalue weighted by Gasteiger charge is 2.30. The quantitative estimate of drug-likeness (QED) is 0.344. The summed E-state index contributed by atoms with van der Waals surface area (Å²) < 4.78 is 68.3. The molecule has 36 heavy (non-hydrogen) atoms. The SMILES string of the molecule is [2H]C([2H])([2H])NC(=O)c1nnc(Nc2cc(C(F)(F)F)ccn2)cc1Nc1nccc(-c2ncn(C)n2)c1OC. The van der Waals surface area contributed by atoms with Gasteiger partial charge in [-0.3, -0.25) is 9.48 Å². The molecule has 4 heterocycles. The number of carbonyl (C=O) groups excluding carboxylic acids is 1. The second kappa shape index (κ2) is 9.81. The first-order valence-corrected chi connectivity index (χ1v) is 10.0. The van der Waals surface area contributed by atoms with Gasteiger partial charge in [-0.2, -0.15) is 18.3 Å². The molecule has 0 aromatic carbocycles. The van der Waals surface area contributed by atoms with E-state index in [0.717, 1.165) is 18.3 Å². The van der Waals surface area contributed by atoms with Crippen LogP contribution in [0.3, 0.4) is 0 Å². The van der Waals surface area contributed by atoms with E-state index in [9.17, 15) is 18.0 Å². The van der Waals surface area contributed by atoms with Gasteiger partial charge in [0.1, 0.15) is 12.1 Å². The number of pyridine rings is 2. The predicted octanol–water partition coefficient (Wildman–Crippen LogP) is 2.94. The lowest BCUT2D eigenvalue weighted by Crippen LogP contribution is -2.21. The zero-order valence-electron chi connectivity index (χ0n) is 21.6. The topological polar surface area (TPSA) is 145 Å². The number of nitrogens with one attached hydrogen (secondary N) is 3. The lowest BCUT2D eigenvalue weighted by atomic mass is 10.2. The molecule has 0 aliphatic heterocycles. The molecule has 186 valence electrons. The molecule has 4 rings (SSSR count). The monoisotopic (exact) mass is 503 g/mol. The van der Waals surface area contributed by atoms with Gasteiger partial charge in [0, 0.05) is 36.6 Å². The van der Waals surface area contributed by atoms with Crippen LogP contribution in [0.25, 0.3) is 11.4 Å². The van der Waals surface area contributed by atoms with Crippen molar-refractivity contribution in [3.8, 4) is 17.1 Å². The molecule has 0 aliphatic rings. The van der Waals surface area contributed by atoms with E-state index in [1.165, 1.54) is 30.4 Å². The minimum absolute atomic E-state index is 0.0709.